The van der Waals surface area contributed by atoms with E-state index in [9.17, 15) is 9.59 Å². The number of hydrogen-bond acceptors (Lipinski definition) is 5. The molecular formula is C12H16N2O5. The van der Waals surface area contributed by atoms with E-state index >= 15 is 0 Å². The van der Waals surface area contributed by atoms with Crippen molar-refractivity contribution in [1.82, 2.24) is 10.3 Å². The molecular weight excluding hydrogens is 252 g/mol. The molecule has 0 aromatic carbocycles. The number of carboxylic acid groups (broad SMARTS) is 1. The van der Waals surface area contributed by atoms with Crippen molar-refractivity contribution in [3.63, 3.8) is 0 Å². The number of nitrogens with zero attached hydrogens (tertiary/aromatic N) is 1. The quantitative estimate of drug-likeness (QED) is 0.738. The van der Waals surface area contributed by atoms with E-state index in [0.717, 1.165) is 0 Å². The number of ether oxygens (including phenoxy) is 2. The van der Waals surface area contributed by atoms with Crippen LogP contribution in [0.15, 0.2) is 18.3 Å². The number of methoxy groups -OCH3 is 2. The number of aromatic nitrogens is 1. The predicted molar refractivity (Wildman–Crippen MR) is 66.2 cm³/mol. The van der Waals surface area contributed by atoms with E-state index in [0.29, 0.717) is 5.88 Å². The molecule has 7 nitrogen and oxygen atoms in total. The first-order valence-electron chi connectivity index (χ1n) is 5.61. The highest BCUT2D eigenvalue weighted by Gasteiger charge is 2.20. The highest BCUT2D eigenvalue weighted by atomic mass is 16.5. The summed E-state index contributed by atoms with van der Waals surface area (Å²) in [5.74, 6) is -1.23. The minimum Gasteiger partial charge on any atom is -0.481 e. The molecule has 1 atom stereocenters. The van der Waals surface area contributed by atoms with Gasteiger partial charge in [0, 0.05) is 32.4 Å². The van der Waals surface area contributed by atoms with Crippen LogP contribution in [0.25, 0.3) is 0 Å². The third-order valence-electron chi connectivity index (χ3n) is 2.42. The SMILES string of the molecule is COCCC(NC(=O)c1ccc(OC)nc1)C(=O)O. The lowest BCUT2D eigenvalue weighted by atomic mass is 10.2. The summed E-state index contributed by atoms with van der Waals surface area (Å²) in [6, 6.07) is 2.05. The van der Waals surface area contributed by atoms with Gasteiger partial charge in [0.15, 0.2) is 0 Å². The van der Waals surface area contributed by atoms with Gasteiger partial charge in [-0.2, -0.15) is 0 Å². The molecule has 0 spiro atoms. The van der Waals surface area contributed by atoms with Crippen LogP contribution in [0.1, 0.15) is 16.8 Å². The Hall–Kier alpha value is -2.15. The maximum absolute atomic E-state index is 11.8. The number of amides is 1. The van der Waals surface area contributed by atoms with Gasteiger partial charge in [0.05, 0.1) is 12.7 Å². The Bertz CT molecular complexity index is 432. The fourth-order valence-electron chi connectivity index (χ4n) is 1.37. The van der Waals surface area contributed by atoms with E-state index < -0.39 is 17.9 Å². The Morgan fingerprint density at radius 3 is 2.63 bits per heavy atom. The van der Waals surface area contributed by atoms with Gasteiger partial charge < -0.3 is 19.9 Å². The lowest BCUT2D eigenvalue weighted by Gasteiger charge is -2.13. The van der Waals surface area contributed by atoms with Crippen LogP contribution < -0.4 is 10.1 Å². The Morgan fingerprint density at radius 2 is 2.16 bits per heavy atom. The van der Waals surface area contributed by atoms with Gasteiger partial charge in [0.2, 0.25) is 5.88 Å². The van der Waals surface area contributed by atoms with Gasteiger partial charge in [0.25, 0.3) is 5.91 Å². The third kappa shape index (κ3) is 4.55. The molecule has 0 aliphatic carbocycles. The molecule has 1 aromatic rings. The van der Waals surface area contributed by atoms with E-state index in [4.69, 9.17) is 14.6 Å². The minimum atomic E-state index is -1.10. The average Bonchev–Trinajstić information content (AvgIpc) is 2.43. The summed E-state index contributed by atoms with van der Waals surface area (Å²) in [7, 11) is 2.93. The topological polar surface area (TPSA) is 97.8 Å². The number of rotatable bonds is 7. The van der Waals surface area contributed by atoms with Crippen molar-refractivity contribution < 1.29 is 24.2 Å². The van der Waals surface area contributed by atoms with E-state index in [1.165, 1.54) is 32.5 Å². The number of carbonyl (C=O) groups is 2. The number of aliphatic carboxylic acids is 1. The summed E-state index contributed by atoms with van der Waals surface area (Å²) in [6.07, 6.45) is 1.52. The molecule has 19 heavy (non-hydrogen) atoms. The van der Waals surface area contributed by atoms with Crippen molar-refractivity contribution in [3.8, 4) is 5.88 Å². The largest absolute Gasteiger partial charge is 0.481 e. The van der Waals surface area contributed by atoms with E-state index in [-0.39, 0.29) is 18.6 Å². The fourth-order valence-corrected chi connectivity index (χ4v) is 1.37. The lowest BCUT2D eigenvalue weighted by Crippen LogP contribution is -2.41. The highest BCUT2D eigenvalue weighted by molar-refractivity contribution is 5.96. The van der Waals surface area contributed by atoms with Crippen LogP contribution in [-0.2, 0) is 9.53 Å². The summed E-state index contributed by atoms with van der Waals surface area (Å²) in [4.78, 5) is 26.7. The maximum Gasteiger partial charge on any atom is 0.326 e. The van der Waals surface area contributed by atoms with E-state index in [2.05, 4.69) is 10.3 Å². The molecule has 1 aromatic heterocycles. The molecule has 2 N–H and O–H groups in total. The van der Waals surface area contributed by atoms with Gasteiger partial charge in [0.1, 0.15) is 6.04 Å². The van der Waals surface area contributed by atoms with Gasteiger partial charge in [-0.15, -0.1) is 0 Å². The second-order valence-corrected chi connectivity index (χ2v) is 3.73. The summed E-state index contributed by atoms with van der Waals surface area (Å²) < 4.78 is 9.66. The number of carboxylic acids is 1. The zero-order valence-corrected chi connectivity index (χ0v) is 10.8. The third-order valence-corrected chi connectivity index (χ3v) is 2.42. The Morgan fingerprint density at radius 1 is 1.42 bits per heavy atom. The molecule has 0 saturated carbocycles. The van der Waals surface area contributed by atoms with Crippen molar-refractivity contribution in [2.45, 2.75) is 12.5 Å². The molecule has 1 rings (SSSR count). The first kappa shape index (κ1) is 14.9. The van der Waals surface area contributed by atoms with Crippen LogP contribution in [0.3, 0.4) is 0 Å². The van der Waals surface area contributed by atoms with Gasteiger partial charge in [-0.05, 0) is 6.07 Å². The number of hydrogen-bond donors (Lipinski definition) is 2. The zero-order chi connectivity index (χ0) is 14.3. The molecule has 0 aliphatic rings. The van der Waals surface area contributed by atoms with Crippen molar-refractivity contribution in [2.75, 3.05) is 20.8 Å². The molecule has 0 fully saturated rings. The number of carbonyl (C=O) groups excluding carboxylic acids is 1. The molecule has 104 valence electrons. The van der Waals surface area contributed by atoms with Crippen molar-refractivity contribution in [2.24, 2.45) is 0 Å². The van der Waals surface area contributed by atoms with Crippen LogP contribution in [0.4, 0.5) is 0 Å². The predicted octanol–water partition coefficient (Wildman–Crippen LogP) is 0.310. The van der Waals surface area contributed by atoms with Gasteiger partial charge >= 0.3 is 5.97 Å². The van der Waals surface area contributed by atoms with E-state index in [1.54, 1.807) is 0 Å². The highest BCUT2D eigenvalue weighted by Crippen LogP contribution is 2.07. The zero-order valence-electron chi connectivity index (χ0n) is 10.8. The molecule has 0 aliphatic heterocycles. The summed E-state index contributed by atoms with van der Waals surface area (Å²) >= 11 is 0. The molecule has 1 unspecified atom stereocenters. The van der Waals surface area contributed by atoms with Crippen LogP contribution in [0, 0.1) is 0 Å². The maximum atomic E-state index is 11.8. The second-order valence-electron chi connectivity index (χ2n) is 3.73. The fraction of sp³-hybridized carbons (Fsp3) is 0.417. The molecule has 7 heteroatoms. The smallest absolute Gasteiger partial charge is 0.326 e. The molecule has 0 saturated heterocycles. The van der Waals surface area contributed by atoms with Gasteiger partial charge in [-0.1, -0.05) is 0 Å². The summed E-state index contributed by atoms with van der Waals surface area (Å²) in [5.41, 5.74) is 0.268. The van der Waals surface area contributed by atoms with Gasteiger partial charge in [-0.3, -0.25) is 4.79 Å². The summed E-state index contributed by atoms with van der Waals surface area (Å²) in [6.45, 7) is 0.248. The van der Waals surface area contributed by atoms with Crippen LogP contribution in [0.5, 0.6) is 5.88 Å². The average molecular weight is 268 g/mol. The normalized spacial score (nSPS) is 11.7. The Labute approximate surface area is 110 Å². The number of pyridine rings is 1. The molecule has 1 amide bonds. The molecule has 1 heterocycles. The second kappa shape index (κ2) is 7.32. The van der Waals surface area contributed by atoms with Crippen molar-refractivity contribution in [3.05, 3.63) is 23.9 Å². The first-order valence-corrected chi connectivity index (χ1v) is 5.61. The van der Waals surface area contributed by atoms with Gasteiger partial charge in [-0.25, -0.2) is 9.78 Å². The summed E-state index contributed by atoms with van der Waals surface area (Å²) in [5, 5.41) is 11.4. The lowest BCUT2D eigenvalue weighted by molar-refractivity contribution is -0.139. The molecule has 0 radical (unpaired) electrons. The van der Waals surface area contributed by atoms with Crippen LogP contribution in [0.2, 0.25) is 0 Å². The van der Waals surface area contributed by atoms with Crippen LogP contribution >= 0.6 is 0 Å². The standard InChI is InChI=1S/C12H16N2O5/c1-18-6-5-9(12(16)17)14-11(15)8-3-4-10(19-2)13-7-8/h3-4,7,9H,5-6H2,1-2H3,(H,14,15)(H,16,17). The number of nitrogens with one attached hydrogen (secondary N) is 1. The van der Waals surface area contributed by atoms with Crippen molar-refractivity contribution in [1.29, 1.82) is 0 Å². The van der Waals surface area contributed by atoms with E-state index in [1.807, 2.05) is 0 Å². The van der Waals surface area contributed by atoms with Crippen molar-refractivity contribution >= 4 is 11.9 Å². The minimum absolute atomic E-state index is 0.196. The first-order chi connectivity index (χ1) is 9.08. The molecule has 0 bridgehead atoms. The monoisotopic (exact) mass is 268 g/mol. The Kier molecular flexibility index (Phi) is 5.74. The Balaban J connectivity index is 2.67. The van der Waals surface area contributed by atoms with Crippen LogP contribution in [-0.4, -0.2) is 48.8 Å².